The number of aromatic nitrogens is 2. The highest BCUT2D eigenvalue weighted by Gasteiger charge is 2.36. The van der Waals surface area contributed by atoms with Gasteiger partial charge in [-0.15, -0.1) is 0 Å². The van der Waals surface area contributed by atoms with Crippen molar-refractivity contribution in [3.63, 3.8) is 0 Å². The highest BCUT2D eigenvalue weighted by molar-refractivity contribution is 6.00. The molecule has 1 saturated carbocycles. The molecule has 0 spiro atoms. The van der Waals surface area contributed by atoms with Crippen LogP contribution in [0.15, 0.2) is 30.6 Å². The summed E-state index contributed by atoms with van der Waals surface area (Å²) in [5.74, 6) is 0.528. The zero-order valence-electron chi connectivity index (χ0n) is 18.8. The molecule has 1 aliphatic carbocycles. The number of rotatable bonds is 6. The molecule has 1 aliphatic heterocycles. The van der Waals surface area contributed by atoms with E-state index in [0.29, 0.717) is 18.3 Å². The van der Waals surface area contributed by atoms with E-state index in [9.17, 15) is 9.59 Å². The predicted octanol–water partition coefficient (Wildman–Crippen LogP) is 2.96. The normalized spacial score (nSPS) is 23.2. The smallest absolute Gasteiger partial charge is 0.235 e. The number of amides is 2. The number of hydrogen-bond acceptors (Lipinski definition) is 6. The highest BCUT2D eigenvalue weighted by Crippen LogP contribution is 2.28. The van der Waals surface area contributed by atoms with Crippen molar-refractivity contribution < 1.29 is 19.1 Å². The Kier molecular flexibility index (Phi) is 6.58. The van der Waals surface area contributed by atoms with Crippen LogP contribution in [0.2, 0.25) is 0 Å². The van der Waals surface area contributed by atoms with E-state index < -0.39 is 0 Å². The summed E-state index contributed by atoms with van der Waals surface area (Å²) in [4.78, 5) is 35.4. The van der Waals surface area contributed by atoms with Crippen LogP contribution in [0, 0.1) is 19.8 Å². The van der Waals surface area contributed by atoms with Gasteiger partial charge in [-0.1, -0.05) is 6.07 Å². The number of ether oxygens (including phenoxy) is 2. The summed E-state index contributed by atoms with van der Waals surface area (Å²) in [6.07, 6.45) is 6.71. The Morgan fingerprint density at radius 3 is 2.56 bits per heavy atom. The maximum Gasteiger partial charge on any atom is 0.235 e. The molecular weight excluding hydrogens is 408 g/mol. The Balaban J connectivity index is 1.27. The van der Waals surface area contributed by atoms with E-state index >= 15 is 0 Å². The highest BCUT2D eigenvalue weighted by atomic mass is 16.5. The molecule has 2 aliphatic rings. The molecule has 2 fully saturated rings. The topological polar surface area (TPSA) is 93.7 Å². The second-order valence-electron chi connectivity index (χ2n) is 8.67. The maximum atomic E-state index is 12.8. The first-order valence-corrected chi connectivity index (χ1v) is 11.1. The Labute approximate surface area is 188 Å². The number of hydrogen-bond donors (Lipinski definition) is 1. The minimum absolute atomic E-state index is 0.00455. The molecule has 2 aromatic rings. The number of carbonyl (C=O) groups excluding carboxylic acids is 2. The number of nitrogens with zero attached hydrogens (tertiary/aromatic N) is 3. The largest absolute Gasteiger partial charge is 0.480 e. The van der Waals surface area contributed by atoms with Gasteiger partial charge in [-0.05, 0) is 62.8 Å². The van der Waals surface area contributed by atoms with Crippen molar-refractivity contribution in [2.24, 2.45) is 5.92 Å². The summed E-state index contributed by atoms with van der Waals surface area (Å²) in [7, 11) is 1.54. The summed E-state index contributed by atoms with van der Waals surface area (Å²) >= 11 is 0. The van der Waals surface area contributed by atoms with E-state index in [1.807, 2.05) is 32.0 Å². The van der Waals surface area contributed by atoms with E-state index in [0.717, 1.165) is 36.9 Å². The first-order chi connectivity index (χ1) is 15.4. The van der Waals surface area contributed by atoms with E-state index in [-0.39, 0.29) is 36.3 Å². The van der Waals surface area contributed by atoms with Crippen LogP contribution in [0.3, 0.4) is 0 Å². The lowest BCUT2D eigenvalue weighted by Gasteiger charge is -2.29. The summed E-state index contributed by atoms with van der Waals surface area (Å²) in [5, 5.41) is 3.16. The predicted molar refractivity (Wildman–Crippen MR) is 120 cm³/mol. The van der Waals surface area contributed by atoms with Crippen molar-refractivity contribution in [2.45, 2.75) is 58.1 Å². The molecule has 1 saturated heterocycles. The van der Waals surface area contributed by atoms with Gasteiger partial charge in [-0.25, -0.2) is 0 Å². The van der Waals surface area contributed by atoms with Gasteiger partial charge in [0.15, 0.2) is 0 Å². The van der Waals surface area contributed by atoms with E-state index in [1.165, 1.54) is 11.8 Å². The van der Waals surface area contributed by atoms with Gasteiger partial charge in [-0.2, -0.15) is 4.98 Å². The van der Waals surface area contributed by atoms with Gasteiger partial charge in [0, 0.05) is 24.7 Å². The summed E-state index contributed by atoms with van der Waals surface area (Å²) in [6, 6.07) is 6.09. The summed E-state index contributed by atoms with van der Waals surface area (Å²) in [5.41, 5.74) is 3.20. The molecule has 1 aromatic carbocycles. The first-order valence-electron chi connectivity index (χ1n) is 11.1. The van der Waals surface area contributed by atoms with Crippen LogP contribution in [0.4, 0.5) is 5.69 Å². The minimum Gasteiger partial charge on any atom is -0.480 e. The monoisotopic (exact) mass is 438 g/mol. The fourth-order valence-corrected chi connectivity index (χ4v) is 4.33. The van der Waals surface area contributed by atoms with Crippen molar-refractivity contribution in [1.82, 2.24) is 15.3 Å². The molecule has 1 aromatic heterocycles. The second kappa shape index (κ2) is 9.54. The van der Waals surface area contributed by atoms with Gasteiger partial charge in [0.05, 0.1) is 25.4 Å². The molecule has 2 amide bonds. The fraction of sp³-hybridized carbons (Fsp3) is 0.500. The van der Waals surface area contributed by atoms with Crippen LogP contribution in [0.5, 0.6) is 11.8 Å². The second-order valence-corrected chi connectivity index (χ2v) is 8.67. The third-order valence-electron chi connectivity index (χ3n) is 6.41. The fourth-order valence-electron chi connectivity index (χ4n) is 4.33. The quantitative estimate of drug-likeness (QED) is 0.745. The standard InChI is InChI=1S/C24H30N4O4/c1-15-4-7-19(10-16(15)2)28-14-17(11-23(28)29)24(30)26-18-5-8-20(9-6-18)32-22-13-25-12-21(27-22)31-3/h4,7,10,12-13,17-18,20H,5-6,8-9,11,14H2,1-3H3,(H,26,30). The van der Waals surface area contributed by atoms with Gasteiger partial charge < -0.3 is 19.7 Å². The Morgan fingerprint density at radius 1 is 1.09 bits per heavy atom. The van der Waals surface area contributed by atoms with Gasteiger partial charge in [0.25, 0.3) is 0 Å². The van der Waals surface area contributed by atoms with Gasteiger partial charge in [0.2, 0.25) is 23.6 Å². The zero-order chi connectivity index (χ0) is 22.7. The third kappa shape index (κ3) is 5.00. The van der Waals surface area contributed by atoms with Crippen molar-refractivity contribution >= 4 is 17.5 Å². The Bertz CT molecular complexity index is 988. The molecular formula is C24H30N4O4. The van der Waals surface area contributed by atoms with E-state index in [2.05, 4.69) is 15.3 Å². The van der Waals surface area contributed by atoms with Crippen molar-refractivity contribution in [3.8, 4) is 11.8 Å². The van der Waals surface area contributed by atoms with Crippen LogP contribution in [0.25, 0.3) is 0 Å². The molecule has 1 atom stereocenters. The SMILES string of the molecule is COc1cncc(OC2CCC(NC(=O)C3CC(=O)N(c4ccc(C)c(C)c4)C3)CC2)n1. The number of carbonyl (C=O) groups is 2. The molecule has 32 heavy (non-hydrogen) atoms. The van der Waals surface area contributed by atoms with E-state index in [4.69, 9.17) is 9.47 Å². The van der Waals surface area contributed by atoms with Gasteiger partial charge >= 0.3 is 0 Å². The lowest BCUT2D eigenvalue weighted by atomic mass is 9.92. The number of anilines is 1. The Morgan fingerprint density at radius 2 is 1.84 bits per heavy atom. The Hall–Kier alpha value is -3.16. The molecule has 8 heteroatoms. The number of benzene rings is 1. The lowest BCUT2D eigenvalue weighted by Crippen LogP contribution is -2.43. The molecule has 2 heterocycles. The molecule has 170 valence electrons. The summed E-state index contributed by atoms with van der Waals surface area (Å²) in [6.45, 7) is 4.51. The van der Waals surface area contributed by atoms with E-state index in [1.54, 1.807) is 18.2 Å². The third-order valence-corrected chi connectivity index (χ3v) is 6.41. The van der Waals surface area contributed by atoms with Crippen LogP contribution in [-0.4, -0.2) is 47.6 Å². The maximum absolute atomic E-state index is 12.8. The number of aryl methyl sites for hydroxylation is 2. The van der Waals surface area contributed by atoms with Crippen molar-refractivity contribution in [3.05, 3.63) is 41.7 Å². The van der Waals surface area contributed by atoms with Crippen LogP contribution in [-0.2, 0) is 9.59 Å². The van der Waals surface area contributed by atoms with Gasteiger partial charge in [0.1, 0.15) is 6.10 Å². The summed E-state index contributed by atoms with van der Waals surface area (Å²) < 4.78 is 11.0. The van der Waals surface area contributed by atoms with Crippen molar-refractivity contribution in [1.29, 1.82) is 0 Å². The average Bonchev–Trinajstić information content (AvgIpc) is 3.19. The van der Waals surface area contributed by atoms with Gasteiger partial charge in [-0.3, -0.25) is 14.6 Å². The molecule has 8 nitrogen and oxygen atoms in total. The molecule has 0 radical (unpaired) electrons. The minimum atomic E-state index is -0.315. The van der Waals surface area contributed by atoms with Crippen LogP contribution >= 0.6 is 0 Å². The van der Waals surface area contributed by atoms with Crippen molar-refractivity contribution in [2.75, 3.05) is 18.6 Å². The molecule has 1 N–H and O–H groups in total. The first kappa shape index (κ1) is 22.0. The molecule has 4 rings (SSSR count). The number of methoxy groups -OCH3 is 1. The average molecular weight is 439 g/mol. The van der Waals surface area contributed by atoms with Crippen LogP contribution < -0.4 is 19.7 Å². The zero-order valence-corrected chi connectivity index (χ0v) is 18.8. The molecule has 1 unspecified atom stereocenters. The lowest BCUT2D eigenvalue weighted by molar-refractivity contribution is -0.127. The van der Waals surface area contributed by atoms with Crippen LogP contribution in [0.1, 0.15) is 43.2 Å². The molecule has 0 bridgehead atoms. The number of nitrogens with one attached hydrogen (secondary N) is 1.